The van der Waals surface area contributed by atoms with Gasteiger partial charge in [0, 0.05) is 41.3 Å². The number of amides is 2. The van der Waals surface area contributed by atoms with Crippen LogP contribution in [0.5, 0.6) is 0 Å². The first-order chi connectivity index (χ1) is 20.7. The third-order valence-electron chi connectivity index (χ3n) is 8.15. The number of nitrogens with two attached hydrogens (primary N) is 2. The number of aliphatic imine (C=N–C) groups is 2. The molecule has 0 atom stereocenters. The molecule has 4 rings (SSSR count). The number of allylic oxidation sites excluding steroid dienone is 8. The Kier molecular flexibility index (Phi) is 9.32. The third-order valence-corrected chi connectivity index (χ3v) is 8.15. The Balaban J connectivity index is 1.44. The fourth-order valence-corrected chi connectivity index (χ4v) is 5.51. The Morgan fingerprint density at radius 2 is 1.61 bits per heavy atom. The summed E-state index contributed by atoms with van der Waals surface area (Å²) >= 11 is 0. The van der Waals surface area contributed by atoms with Gasteiger partial charge in [0.2, 0.25) is 0 Å². The summed E-state index contributed by atoms with van der Waals surface area (Å²) in [7, 11) is 1.86. The molecular formula is C34H40N6O4. The van der Waals surface area contributed by atoms with Gasteiger partial charge in [0.25, 0.3) is 11.8 Å². The summed E-state index contributed by atoms with van der Waals surface area (Å²) in [4.78, 5) is 46.4. The van der Waals surface area contributed by atoms with E-state index in [2.05, 4.69) is 27.7 Å². The van der Waals surface area contributed by atoms with Crippen molar-refractivity contribution in [3.8, 4) is 0 Å². The zero-order valence-electron chi connectivity index (χ0n) is 26.0. The number of carboxylic acids is 1. The van der Waals surface area contributed by atoms with Gasteiger partial charge < -0.3 is 26.3 Å². The highest BCUT2D eigenvalue weighted by Gasteiger charge is 2.41. The number of pyridine rings is 1. The molecule has 0 aliphatic carbocycles. The van der Waals surface area contributed by atoms with Crippen LogP contribution in [0, 0.1) is 5.41 Å². The monoisotopic (exact) mass is 596 g/mol. The van der Waals surface area contributed by atoms with E-state index in [4.69, 9.17) is 21.5 Å². The van der Waals surface area contributed by atoms with Gasteiger partial charge in [0.1, 0.15) is 12.6 Å². The van der Waals surface area contributed by atoms with Crippen molar-refractivity contribution in [3.05, 3.63) is 95.3 Å². The van der Waals surface area contributed by atoms with Gasteiger partial charge in [0.15, 0.2) is 12.4 Å². The fourth-order valence-electron chi connectivity index (χ4n) is 5.51. The van der Waals surface area contributed by atoms with Crippen molar-refractivity contribution in [3.63, 3.8) is 0 Å². The third kappa shape index (κ3) is 6.69. The molecule has 10 heteroatoms. The van der Waals surface area contributed by atoms with Crippen LogP contribution in [0.15, 0.2) is 94.2 Å². The zero-order chi connectivity index (χ0) is 32.2. The Hall–Kier alpha value is -4.86. The molecule has 0 aromatic carbocycles. The molecule has 0 radical (unpaired) electrons. The SMILES string of the molecule is C[n+]1cc(C(N)=O)c2c(c1)C(C)(C)C(/C=C/C=C/C=C/C=C1\N=C3C(C(N)=O)=CN(CCCCCC(=O)[O-])C=C3C1(C)C)=N2. The first kappa shape index (κ1) is 32.1. The molecule has 0 unspecified atom stereocenters. The first-order valence-corrected chi connectivity index (χ1v) is 14.7. The number of primary amides is 2. The standard InChI is InChI=1S/C34H40N6O4/c1-33(2)24-20-39(5)18-22(31(35)43)29(24)37-26(33)14-10-7-6-8-11-15-27-34(3,4)25-21-40(17-13-9-12-16-28(41)42)19-23(32(36)44)30(25)38-27/h6-8,10-11,14-15,18-21H,9,12-13,16-17H2,1-5H3,(H4-,35,36,41,42,43,44). The zero-order valence-corrected chi connectivity index (χ0v) is 26.0. The van der Waals surface area contributed by atoms with E-state index in [0.717, 1.165) is 35.4 Å². The predicted octanol–water partition coefficient (Wildman–Crippen LogP) is 2.89. The Morgan fingerprint density at radius 3 is 2.30 bits per heavy atom. The smallest absolute Gasteiger partial charge is 0.257 e. The predicted molar refractivity (Wildman–Crippen MR) is 169 cm³/mol. The summed E-state index contributed by atoms with van der Waals surface area (Å²) < 4.78 is 1.83. The van der Waals surface area contributed by atoms with Gasteiger partial charge in [-0.2, -0.15) is 0 Å². The average molecular weight is 597 g/mol. The number of nitrogens with zero attached hydrogens (tertiary/aromatic N) is 4. The molecule has 0 spiro atoms. The first-order valence-electron chi connectivity index (χ1n) is 14.7. The second kappa shape index (κ2) is 12.8. The number of hydrogen-bond donors (Lipinski definition) is 2. The number of aliphatic carboxylic acids is 1. The van der Waals surface area contributed by atoms with E-state index in [1.807, 2.05) is 71.4 Å². The van der Waals surface area contributed by atoms with Crippen molar-refractivity contribution in [2.45, 2.75) is 58.8 Å². The lowest BCUT2D eigenvalue weighted by Gasteiger charge is -2.29. The van der Waals surface area contributed by atoms with Crippen LogP contribution in [0.4, 0.5) is 5.69 Å². The number of rotatable bonds is 12. The van der Waals surface area contributed by atoms with Gasteiger partial charge in [-0.15, -0.1) is 0 Å². The quantitative estimate of drug-likeness (QED) is 0.215. The number of hydrogen-bond acceptors (Lipinski definition) is 7. The van der Waals surface area contributed by atoms with Crippen LogP contribution in [0.3, 0.4) is 0 Å². The second-order valence-electron chi connectivity index (χ2n) is 12.2. The summed E-state index contributed by atoms with van der Waals surface area (Å²) in [6, 6.07) is 0. The molecule has 0 saturated heterocycles. The van der Waals surface area contributed by atoms with E-state index in [1.54, 1.807) is 12.4 Å². The van der Waals surface area contributed by atoms with E-state index < -0.39 is 23.2 Å². The van der Waals surface area contributed by atoms with Crippen LogP contribution in [0.2, 0.25) is 0 Å². The molecular weight excluding hydrogens is 556 g/mol. The molecule has 1 aromatic rings. The van der Waals surface area contributed by atoms with E-state index in [9.17, 15) is 19.5 Å². The minimum Gasteiger partial charge on any atom is -0.550 e. The molecule has 1 aromatic heterocycles. The lowest BCUT2D eigenvalue weighted by Crippen LogP contribution is -2.33. The molecule has 0 fully saturated rings. The van der Waals surface area contributed by atoms with Crippen molar-refractivity contribution < 1.29 is 24.1 Å². The highest BCUT2D eigenvalue weighted by atomic mass is 16.4. The number of fused-ring (bicyclic) bond motifs is 2. The van der Waals surface area contributed by atoms with Gasteiger partial charge >= 0.3 is 0 Å². The largest absolute Gasteiger partial charge is 0.550 e. The summed E-state index contributed by atoms with van der Waals surface area (Å²) in [5.74, 6) is -2.09. The van der Waals surface area contributed by atoms with Gasteiger partial charge in [-0.3, -0.25) is 19.6 Å². The van der Waals surface area contributed by atoms with Gasteiger partial charge in [-0.1, -0.05) is 50.6 Å². The molecule has 3 aliphatic heterocycles. The van der Waals surface area contributed by atoms with Gasteiger partial charge in [-0.25, -0.2) is 4.57 Å². The van der Waals surface area contributed by atoms with Crippen LogP contribution in [0.1, 0.15) is 69.3 Å². The molecule has 3 aliphatic rings. The minimum absolute atomic E-state index is 0.0426. The average Bonchev–Trinajstić information content (AvgIpc) is 3.34. The number of carbonyl (C=O) groups excluding carboxylic acids is 3. The molecule has 44 heavy (non-hydrogen) atoms. The number of unbranched alkanes of at least 4 members (excludes halogenated alkanes) is 2. The van der Waals surface area contributed by atoms with Crippen LogP contribution in [0.25, 0.3) is 0 Å². The minimum atomic E-state index is -1.04. The lowest BCUT2D eigenvalue weighted by atomic mass is 9.79. The maximum Gasteiger partial charge on any atom is 0.257 e. The van der Waals surface area contributed by atoms with Crippen molar-refractivity contribution >= 4 is 34.9 Å². The normalized spacial score (nSPS) is 19.3. The fraction of sp³-hybridized carbons (Fsp3) is 0.353. The summed E-state index contributed by atoms with van der Waals surface area (Å²) in [6.45, 7) is 8.88. The van der Waals surface area contributed by atoms with E-state index in [0.29, 0.717) is 35.5 Å². The number of carboxylic acid groups (broad SMARTS) is 1. The Labute approximate surface area is 258 Å². The molecule has 10 nitrogen and oxygen atoms in total. The highest BCUT2D eigenvalue weighted by molar-refractivity contribution is 6.30. The molecule has 2 amide bonds. The maximum absolute atomic E-state index is 12.3. The molecule has 0 bridgehead atoms. The Morgan fingerprint density at radius 1 is 0.909 bits per heavy atom. The van der Waals surface area contributed by atoms with Crippen molar-refractivity contribution in [2.75, 3.05) is 6.54 Å². The highest BCUT2D eigenvalue weighted by Crippen LogP contribution is 2.45. The molecule has 230 valence electrons. The molecule has 4 heterocycles. The van der Waals surface area contributed by atoms with Crippen LogP contribution < -0.4 is 21.1 Å². The van der Waals surface area contributed by atoms with Crippen LogP contribution in [-0.2, 0) is 22.1 Å². The molecule has 0 saturated carbocycles. The second-order valence-corrected chi connectivity index (χ2v) is 12.2. The van der Waals surface area contributed by atoms with Crippen molar-refractivity contribution in [2.24, 2.45) is 33.9 Å². The summed E-state index contributed by atoms with van der Waals surface area (Å²) in [5, 5.41) is 10.7. The van der Waals surface area contributed by atoms with Gasteiger partial charge in [-0.05, 0) is 45.3 Å². The summed E-state index contributed by atoms with van der Waals surface area (Å²) in [6.07, 6.45) is 22.9. The van der Waals surface area contributed by atoms with Crippen molar-refractivity contribution in [1.29, 1.82) is 0 Å². The summed E-state index contributed by atoms with van der Waals surface area (Å²) in [5.41, 5.74) is 16.0. The number of aromatic nitrogens is 1. The van der Waals surface area contributed by atoms with Crippen molar-refractivity contribution in [1.82, 2.24) is 4.90 Å². The topological polar surface area (TPSA) is 158 Å². The van der Waals surface area contributed by atoms with E-state index in [1.165, 1.54) is 0 Å². The number of carbonyl (C=O) groups is 3. The van der Waals surface area contributed by atoms with Gasteiger partial charge in [0.05, 0.1) is 33.9 Å². The van der Waals surface area contributed by atoms with Crippen LogP contribution in [-0.4, -0.2) is 40.7 Å². The molecule has 4 N–H and O–H groups in total. The maximum atomic E-state index is 12.3. The Bertz CT molecular complexity index is 1630. The van der Waals surface area contributed by atoms with Crippen LogP contribution >= 0.6 is 0 Å². The van der Waals surface area contributed by atoms with E-state index in [-0.39, 0.29) is 11.8 Å². The van der Waals surface area contributed by atoms with E-state index >= 15 is 0 Å². The number of aryl methyl sites for hydroxylation is 1. The lowest BCUT2D eigenvalue weighted by molar-refractivity contribution is -0.672.